The normalized spacial score (nSPS) is 13.3. The number of nitrogens with zero attached hydrogens (tertiary/aromatic N) is 1. The largest absolute Gasteiger partial charge is 1.00 e. The minimum Gasteiger partial charge on any atom is -1.00 e. The number of halogens is 1. The molecule has 3 nitrogen and oxygen atoms in total. The van der Waals surface area contributed by atoms with Crippen LogP contribution in [0, 0.1) is 0 Å². The average molecular weight is 283 g/mol. The Morgan fingerprint density at radius 1 is 1.26 bits per heavy atom. The molecule has 0 aliphatic carbocycles. The Morgan fingerprint density at radius 2 is 1.79 bits per heavy atom. The highest BCUT2D eigenvalue weighted by Gasteiger charge is 2.25. The lowest BCUT2D eigenvalue weighted by Crippen LogP contribution is -3.00. The van der Waals surface area contributed by atoms with Crippen molar-refractivity contribution in [3.05, 3.63) is 48.0 Å². The summed E-state index contributed by atoms with van der Waals surface area (Å²) in [6, 6.07) is 9.86. The van der Waals surface area contributed by atoms with E-state index in [1.54, 1.807) is 6.92 Å². The van der Waals surface area contributed by atoms with Crippen molar-refractivity contribution in [2.75, 3.05) is 14.1 Å². The van der Waals surface area contributed by atoms with Crippen LogP contribution in [0.1, 0.15) is 25.5 Å². The third-order valence-corrected chi connectivity index (χ3v) is 2.96. The lowest BCUT2D eigenvalue weighted by Gasteiger charge is -2.29. The van der Waals surface area contributed by atoms with E-state index in [-0.39, 0.29) is 30.5 Å². The first-order valence-corrected chi connectivity index (χ1v) is 6.01. The summed E-state index contributed by atoms with van der Waals surface area (Å²) in [7, 11) is 3.93. The van der Waals surface area contributed by atoms with Crippen molar-refractivity contribution in [1.82, 2.24) is 4.90 Å². The van der Waals surface area contributed by atoms with E-state index in [9.17, 15) is 4.79 Å². The average Bonchev–Trinajstić information content (AvgIpc) is 2.35. The van der Waals surface area contributed by atoms with E-state index in [1.165, 1.54) is 0 Å². The zero-order valence-corrected chi connectivity index (χ0v) is 12.6. The van der Waals surface area contributed by atoms with E-state index in [0.717, 1.165) is 5.56 Å². The Morgan fingerprint density at radius 3 is 2.21 bits per heavy atom. The fraction of sp³-hybridized carbons (Fsp3) is 0.400. The number of likely N-dealkylation sites (N-methyl/N-ethyl adjacent to an activating group) is 1. The lowest BCUT2D eigenvalue weighted by atomic mass is 10.0. The molecule has 2 atom stereocenters. The van der Waals surface area contributed by atoms with Crippen LogP contribution in [0.2, 0.25) is 0 Å². The van der Waals surface area contributed by atoms with Gasteiger partial charge >= 0.3 is 5.97 Å². The molecule has 1 aromatic carbocycles. The molecule has 0 heterocycles. The molecule has 0 N–H and O–H groups in total. The maximum atomic E-state index is 11.7. The van der Waals surface area contributed by atoms with Gasteiger partial charge in [-0.1, -0.05) is 36.9 Å². The first-order chi connectivity index (χ1) is 8.43. The Hall–Kier alpha value is -1.32. The standard InChI is InChI=1S/C15H21NO2.ClH/c1-11(2)15(17)18-14(12(3)16(4)5)13-9-7-6-8-10-13;/h6-10,12,14H,1H2,2-5H3;1H/p-1. The van der Waals surface area contributed by atoms with Crippen molar-refractivity contribution in [3.8, 4) is 0 Å². The third-order valence-electron chi connectivity index (χ3n) is 2.96. The maximum absolute atomic E-state index is 11.7. The highest BCUT2D eigenvalue weighted by Crippen LogP contribution is 2.24. The number of benzene rings is 1. The molecule has 0 aliphatic rings. The summed E-state index contributed by atoms with van der Waals surface area (Å²) in [5.41, 5.74) is 1.41. The van der Waals surface area contributed by atoms with Crippen LogP contribution in [0.15, 0.2) is 42.5 Å². The molecule has 0 amide bonds. The molecule has 1 rings (SSSR count). The predicted molar refractivity (Wildman–Crippen MR) is 73.2 cm³/mol. The van der Waals surface area contributed by atoms with Crippen molar-refractivity contribution >= 4 is 5.97 Å². The second kappa shape index (κ2) is 7.97. The van der Waals surface area contributed by atoms with Gasteiger partial charge in [0.25, 0.3) is 0 Å². The summed E-state index contributed by atoms with van der Waals surface area (Å²) in [5, 5.41) is 0. The zero-order chi connectivity index (χ0) is 13.7. The third kappa shape index (κ3) is 5.05. The van der Waals surface area contributed by atoms with Crippen molar-refractivity contribution in [2.45, 2.75) is 26.0 Å². The quantitative estimate of drug-likeness (QED) is 0.553. The molecular formula is C15H21ClNO2-. The van der Waals surface area contributed by atoms with Gasteiger partial charge in [0.15, 0.2) is 0 Å². The number of esters is 1. The van der Waals surface area contributed by atoms with Crippen molar-refractivity contribution in [3.63, 3.8) is 0 Å². The number of hydrogen-bond acceptors (Lipinski definition) is 3. The summed E-state index contributed by atoms with van der Waals surface area (Å²) in [5.74, 6) is -0.349. The van der Waals surface area contributed by atoms with Crippen LogP contribution in [-0.2, 0) is 9.53 Å². The molecule has 106 valence electrons. The first-order valence-electron chi connectivity index (χ1n) is 6.01. The van der Waals surface area contributed by atoms with E-state index < -0.39 is 0 Å². The van der Waals surface area contributed by atoms with Crippen molar-refractivity contribution < 1.29 is 21.9 Å². The summed E-state index contributed by atoms with van der Waals surface area (Å²) in [6.07, 6.45) is -0.287. The Labute approximate surface area is 121 Å². The molecule has 4 heteroatoms. The first kappa shape index (κ1) is 17.7. The number of carbonyl (C=O) groups is 1. The predicted octanol–water partition coefficient (Wildman–Crippen LogP) is -0.199. The van der Waals surface area contributed by atoms with Gasteiger partial charge in [0.05, 0.1) is 0 Å². The highest BCUT2D eigenvalue weighted by molar-refractivity contribution is 5.87. The van der Waals surface area contributed by atoms with Gasteiger partial charge in [-0.2, -0.15) is 0 Å². The highest BCUT2D eigenvalue weighted by atomic mass is 35.5. The van der Waals surface area contributed by atoms with Crippen molar-refractivity contribution in [1.29, 1.82) is 0 Å². The van der Waals surface area contributed by atoms with Crippen LogP contribution in [0.25, 0.3) is 0 Å². The van der Waals surface area contributed by atoms with Crippen LogP contribution in [0.3, 0.4) is 0 Å². The lowest BCUT2D eigenvalue weighted by molar-refractivity contribution is -0.147. The molecule has 0 saturated heterocycles. The molecule has 0 spiro atoms. The van der Waals surface area contributed by atoms with Gasteiger partial charge in [0, 0.05) is 11.6 Å². The topological polar surface area (TPSA) is 29.5 Å². The second-order valence-corrected chi connectivity index (χ2v) is 4.72. The van der Waals surface area contributed by atoms with Crippen LogP contribution in [0.5, 0.6) is 0 Å². The van der Waals surface area contributed by atoms with Crippen LogP contribution < -0.4 is 12.4 Å². The van der Waals surface area contributed by atoms with Gasteiger partial charge < -0.3 is 22.0 Å². The monoisotopic (exact) mass is 282 g/mol. The van der Waals surface area contributed by atoms with E-state index in [2.05, 4.69) is 6.58 Å². The molecule has 0 aromatic heterocycles. The summed E-state index contributed by atoms with van der Waals surface area (Å²) in [4.78, 5) is 13.7. The summed E-state index contributed by atoms with van der Waals surface area (Å²) >= 11 is 0. The molecule has 2 unspecified atom stereocenters. The van der Waals surface area contributed by atoms with Crippen LogP contribution in [-0.4, -0.2) is 31.0 Å². The van der Waals surface area contributed by atoms with Crippen LogP contribution >= 0.6 is 0 Å². The minimum absolute atomic E-state index is 0. The minimum atomic E-state index is -0.349. The van der Waals surface area contributed by atoms with Gasteiger partial charge in [0.2, 0.25) is 0 Å². The van der Waals surface area contributed by atoms with E-state index in [0.29, 0.717) is 5.57 Å². The summed E-state index contributed by atoms with van der Waals surface area (Å²) in [6.45, 7) is 7.31. The second-order valence-electron chi connectivity index (χ2n) is 4.72. The zero-order valence-electron chi connectivity index (χ0n) is 11.9. The van der Waals surface area contributed by atoms with Gasteiger partial charge in [-0.15, -0.1) is 0 Å². The molecule has 0 fully saturated rings. The SMILES string of the molecule is C=C(C)C(=O)OC(c1ccccc1)C(C)N(C)C.[Cl-]. The van der Waals surface area contributed by atoms with E-state index >= 15 is 0 Å². The number of ether oxygens (including phenoxy) is 1. The number of hydrogen-bond donors (Lipinski definition) is 0. The molecule has 0 radical (unpaired) electrons. The summed E-state index contributed by atoms with van der Waals surface area (Å²) < 4.78 is 5.54. The van der Waals surface area contributed by atoms with E-state index in [4.69, 9.17) is 4.74 Å². The van der Waals surface area contributed by atoms with Crippen LogP contribution in [0.4, 0.5) is 0 Å². The van der Waals surface area contributed by atoms with Gasteiger partial charge in [0.1, 0.15) is 6.10 Å². The Bertz CT molecular complexity index is 417. The van der Waals surface area contributed by atoms with Gasteiger partial charge in [-0.3, -0.25) is 0 Å². The van der Waals surface area contributed by atoms with Gasteiger partial charge in [-0.05, 0) is 33.5 Å². The Balaban J connectivity index is 0.00000324. The molecule has 19 heavy (non-hydrogen) atoms. The Kier molecular flexibility index (Phi) is 7.42. The molecule has 0 bridgehead atoms. The van der Waals surface area contributed by atoms with E-state index in [1.807, 2.05) is 56.3 Å². The molecular weight excluding hydrogens is 262 g/mol. The van der Waals surface area contributed by atoms with Crippen molar-refractivity contribution in [2.24, 2.45) is 0 Å². The smallest absolute Gasteiger partial charge is 0.333 e. The maximum Gasteiger partial charge on any atom is 0.333 e. The molecule has 1 aromatic rings. The fourth-order valence-electron chi connectivity index (χ4n) is 1.57. The van der Waals surface area contributed by atoms with Gasteiger partial charge in [-0.25, -0.2) is 4.79 Å². The number of carbonyl (C=O) groups excluding carboxylic acids is 1. The number of rotatable bonds is 5. The molecule has 0 saturated carbocycles. The fourth-order valence-corrected chi connectivity index (χ4v) is 1.57. The molecule has 0 aliphatic heterocycles.